The van der Waals surface area contributed by atoms with Crippen LogP contribution in [-0.2, 0) is 16.0 Å². The van der Waals surface area contributed by atoms with E-state index in [1.54, 1.807) is 11.8 Å². The van der Waals surface area contributed by atoms with Crippen LogP contribution in [0.4, 0.5) is 0 Å². The molecule has 1 heterocycles. The highest BCUT2D eigenvalue weighted by molar-refractivity contribution is 7.99. The maximum atomic E-state index is 11.6. The Kier molecular flexibility index (Phi) is 4.90. The minimum absolute atomic E-state index is 0.261. The Morgan fingerprint density at radius 2 is 2.10 bits per heavy atom. The molecule has 2 amide bonds. The number of carbonyl (C=O) groups is 2. The monoisotopic (exact) mass is 305 g/mol. The molecule has 112 valence electrons. The molecule has 0 bridgehead atoms. The first kappa shape index (κ1) is 15.4. The van der Waals surface area contributed by atoms with Crippen LogP contribution in [0.25, 0.3) is 10.9 Å². The van der Waals surface area contributed by atoms with Crippen LogP contribution in [0.5, 0.6) is 0 Å². The van der Waals surface area contributed by atoms with E-state index in [1.165, 1.54) is 6.92 Å². The van der Waals surface area contributed by atoms with Crippen molar-refractivity contribution < 1.29 is 9.59 Å². The molecule has 1 atom stereocenters. The van der Waals surface area contributed by atoms with Gasteiger partial charge >= 0.3 is 0 Å². The summed E-state index contributed by atoms with van der Waals surface area (Å²) in [5.41, 5.74) is 7.44. The van der Waals surface area contributed by atoms with E-state index in [-0.39, 0.29) is 5.91 Å². The minimum atomic E-state index is -0.696. The average Bonchev–Trinajstić information content (AvgIpc) is 2.76. The third-order valence-electron chi connectivity index (χ3n) is 3.19. The second-order valence-electron chi connectivity index (χ2n) is 4.77. The zero-order chi connectivity index (χ0) is 15.4. The van der Waals surface area contributed by atoms with Crippen molar-refractivity contribution in [2.45, 2.75) is 31.3 Å². The number of amides is 2. The van der Waals surface area contributed by atoms with Gasteiger partial charge in [0.1, 0.15) is 6.04 Å². The van der Waals surface area contributed by atoms with Gasteiger partial charge < -0.3 is 16.0 Å². The van der Waals surface area contributed by atoms with Crippen LogP contribution in [0.3, 0.4) is 0 Å². The van der Waals surface area contributed by atoms with Crippen LogP contribution in [0, 0.1) is 0 Å². The van der Waals surface area contributed by atoms with Gasteiger partial charge in [-0.3, -0.25) is 9.59 Å². The third kappa shape index (κ3) is 3.58. The number of primary amides is 1. The van der Waals surface area contributed by atoms with Gasteiger partial charge in [0, 0.05) is 24.2 Å². The molecule has 2 aromatic rings. The Morgan fingerprint density at radius 3 is 2.71 bits per heavy atom. The van der Waals surface area contributed by atoms with Gasteiger partial charge in [0.25, 0.3) is 0 Å². The number of benzene rings is 1. The fraction of sp³-hybridized carbons (Fsp3) is 0.333. The van der Waals surface area contributed by atoms with Gasteiger partial charge in [-0.2, -0.15) is 0 Å². The van der Waals surface area contributed by atoms with E-state index in [9.17, 15) is 9.59 Å². The molecule has 1 aromatic heterocycles. The molecule has 0 unspecified atom stereocenters. The number of aromatic nitrogens is 1. The third-order valence-corrected chi connectivity index (χ3v) is 4.12. The molecule has 1 aromatic carbocycles. The van der Waals surface area contributed by atoms with Gasteiger partial charge in [0.2, 0.25) is 11.8 Å². The number of para-hydroxylation sites is 1. The largest absolute Gasteiger partial charge is 0.368 e. The zero-order valence-corrected chi connectivity index (χ0v) is 12.9. The molecule has 6 heteroatoms. The van der Waals surface area contributed by atoms with Crippen molar-refractivity contribution in [2.75, 3.05) is 5.75 Å². The van der Waals surface area contributed by atoms with E-state index < -0.39 is 11.9 Å². The summed E-state index contributed by atoms with van der Waals surface area (Å²) in [7, 11) is 0. The fourth-order valence-electron chi connectivity index (χ4n) is 2.32. The molecule has 2 rings (SSSR count). The maximum absolute atomic E-state index is 11.6. The number of aromatic amines is 1. The lowest BCUT2D eigenvalue weighted by Crippen LogP contribution is -2.45. The lowest BCUT2D eigenvalue weighted by atomic mass is 10.0. The van der Waals surface area contributed by atoms with E-state index in [0.717, 1.165) is 27.2 Å². The summed E-state index contributed by atoms with van der Waals surface area (Å²) in [4.78, 5) is 26.1. The summed E-state index contributed by atoms with van der Waals surface area (Å²) in [6, 6.07) is 7.22. The quantitative estimate of drug-likeness (QED) is 0.711. The van der Waals surface area contributed by atoms with Gasteiger partial charge in [-0.05, 0) is 17.4 Å². The first-order valence-electron chi connectivity index (χ1n) is 6.81. The number of nitrogens with two attached hydrogens (primary N) is 1. The van der Waals surface area contributed by atoms with Gasteiger partial charge in [-0.25, -0.2) is 0 Å². The topological polar surface area (TPSA) is 88.0 Å². The molecule has 5 nitrogen and oxygen atoms in total. The maximum Gasteiger partial charge on any atom is 0.240 e. The van der Waals surface area contributed by atoms with Crippen LogP contribution in [0.15, 0.2) is 29.3 Å². The Hall–Kier alpha value is -1.95. The number of fused-ring (bicyclic) bond motifs is 1. The molecule has 0 aliphatic heterocycles. The second kappa shape index (κ2) is 6.67. The zero-order valence-electron chi connectivity index (χ0n) is 12.1. The van der Waals surface area contributed by atoms with Crippen molar-refractivity contribution in [3.8, 4) is 0 Å². The molecule has 21 heavy (non-hydrogen) atoms. The highest BCUT2D eigenvalue weighted by Gasteiger charge is 2.21. The lowest BCUT2D eigenvalue weighted by molar-refractivity contribution is -0.126. The molecule has 0 spiro atoms. The number of hydrogen-bond acceptors (Lipinski definition) is 3. The number of H-pyrrole nitrogens is 1. The van der Waals surface area contributed by atoms with Crippen molar-refractivity contribution in [2.24, 2.45) is 5.73 Å². The van der Waals surface area contributed by atoms with Crippen molar-refractivity contribution in [1.29, 1.82) is 0 Å². The number of carbonyl (C=O) groups excluding carboxylic acids is 2. The van der Waals surface area contributed by atoms with Crippen LogP contribution < -0.4 is 11.1 Å². The van der Waals surface area contributed by atoms with E-state index in [1.807, 2.05) is 24.3 Å². The van der Waals surface area contributed by atoms with Crippen molar-refractivity contribution in [3.05, 3.63) is 29.8 Å². The van der Waals surface area contributed by atoms with Gasteiger partial charge in [-0.15, -0.1) is 11.8 Å². The summed E-state index contributed by atoms with van der Waals surface area (Å²) >= 11 is 1.68. The van der Waals surface area contributed by atoms with Crippen molar-refractivity contribution in [3.63, 3.8) is 0 Å². The molecule has 0 saturated carbocycles. The predicted molar refractivity (Wildman–Crippen MR) is 85.2 cm³/mol. The summed E-state index contributed by atoms with van der Waals surface area (Å²) < 4.78 is 0. The lowest BCUT2D eigenvalue weighted by Gasteiger charge is -2.14. The Morgan fingerprint density at radius 1 is 1.38 bits per heavy atom. The Bertz CT molecular complexity index is 666. The second-order valence-corrected chi connectivity index (χ2v) is 6.05. The smallest absolute Gasteiger partial charge is 0.240 e. The first-order chi connectivity index (χ1) is 10.0. The standard InChI is InChI=1S/C15H19N3O2S/c1-3-21-15-11(8-13(14(16)20)17-9(2)19)10-6-4-5-7-12(10)18-15/h4-7,13,18H,3,8H2,1-2H3,(H2,16,20)(H,17,19)/t13-/m0/s1. The van der Waals surface area contributed by atoms with Crippen LogP contribution in [-0.4, -0.2) is 28.6 Å². The minimum Gasteiger partial charge on any atom is -0.368 e. The number of thioether (sulfide) groups is 1. The molecule has 4 N–H and O–H groups in total. The van der Waals surface area contributed by atoms with E-state index in [0.29, 0.717) is 6.42 Å². The summed E-state index contributed by atoms with van der Waals surface area (Å²) in [6.45, 7) is 3.45. The fourth-order valence-corrected chi connectivity index (χ4v) is 3.16. The van der Waals surface area contributed by atoms with Gasteiger partial charge in [0.15, 0.2) is 0 Å². The highest BCUT2D eigenvalue weighted by Crippen LogP contribution is 2.30. The number of nitrogens with one attached hydrogen (secondary N) is 2. The Labute approximate surface area is 127 Å². The van der Waals surface area contributed by atoms with E-state index in [4.69, 9.17) is 5.73 Å². The first-order valence-corrected chi connectivity index (χ1v) is 7.80. The van der Waals surface area contributed by atoms with Crippen LogP contribution in [0.2, 0.25) is 0 Å². The van der Waals surface area contributed by atoms with E-state index >= 15 is 0 Å². The van der Waals surface area contributed by atoms with Crippen LogP contribution >= 0.6 is 11.8 Å². The summed E-state index contributed by atoms with van der Waals surface area (Å²) in [5, 5.41) is 4.70. The normalized spacial score (nSPS) is 12.3. The molecule has 0 saturated heterocycles. The van der Waals surface area contributed by atoms with E-state index in [2.05, 4.69) is 17.2 Å². The molecule has 0 fully saturated rings. The summed E-state index contributed by atoms with van der Waals surface area (Å²) in [5.74, 6) is 0.132. The molecule has 0 aliphatic carbocycles. The number of rotatable bonds is 6. The number of hydrogen-bond donors (Lipinski definition) is 3. The summed E-state index contributed by atoms with van der Waals surface area (Å²) in [6.07, 6.45) is 0.390. The van der Waals surface area contributed by atoms with Crippen molar-refractivity contribution in [1.82, 2.24) is 10.3 Å². The molecule has 0 aliphatic rings. The predicted octanol–water partition coefficient (Wildman–Crippen LogP) is 1.81. The SMILES string of the molecule is CCSc1[nH]c2ccccc2c1C[C@H](NC(C)=O)C(N)=O. The molecular weight excluding hydrogens is 286 g/mol. The molecular formula is C15H19N3O2S. The van der Waals surface area contributed by atoms with Crippen molar-refractivity contribution >= 4 is 34.5 Å². The molecule has 0 radical (unpaired) electrons. The average molecular weight is 305 g/mol. The van der Waals surface area contributed by atoms with Crippen LogP contribution in [0.1, 0.15) is 19.4 Å². The van der Waals surface area contributed by atoms with Gasteiger partial charge in [0.05, 0.1) is 5.03 Å². The Balaban J connectivity index is 2.40. The highest BCUT2D eigenvalue weighted by atomic mass is 32.2. The van der Waals surface area contributed by atoms with Gasteiger partial charge in [-0.1, -0.05) is 25.1 Å².